The van der Waals surface area contributed by atoms with Crippen LogP contribution in [0.2, 0.25) is 0 Å². The lowest BCUT2D eigenvalue weighted by molar-refractivity contribution is -0.146. The average Bonchev–Trinajstić information content (AvgIpc) is 3.47. The summed E-state index contributed by atoms with van der Waals surface area (Å²) in [5, 5.41) is 8.06. The van der Waals surface area contributed by atoms with Crippen molar-refractivity contribution in [2.45, 2.75) is 51.4 Å². The SMILES string of the molecule is COC(=O)C1CCC(c2c(C(C)C)n(-c3ccc(F)c(OC)c3)c3cc4cn[nH]c4c(F)c23)CC1. The Labute approximate surface area is 202 Å². The number of H-pyrrole nitrogens is 1. The number of aromatic nitrogens is 3. The molecule has 1 aliphatic carbocycles. The van der Waals surface area contributed by atoms with Gasteiger partial charge in [0.25, 0.3) is 0 Å². The molecule has 184 valence electrons. The molecule has 2 heterocycles. The molecule has 8 heteroatoms. The first-order valence-corrected chi connectivity index (χ1v) is 12.0. The predicted octanol–water partition coefficient (Wildman–Crippen LogP) is 6.36. The number of nitrogens with one attached hydrogen (secondary N) is 1. The Morgan fingerprint density at radius 2 is 1.89 bits per heavy atom. The van der Waals surface area contributed by atoms with Crippen LogP contribution in [0.4, 0.5) is 8.78 Å². The number of methoxy groups -OCH3 is 2. The van der Waals surface area contributed by atoms with E-state index < -0.39 is 5.82 Å². The number of fused-ring (bicyclic) bond motifs is 2. The number of ether oxygens (including phenoxy) is 2. The monoisotopic (exact) mass is 481 g/mol. The number of aromatic amines is 1. The van der Waals surface area contributed by atoms with Crippen molar-refractivity contribution in [1.82, 2.24) is 14.8 Å². The Morgan fingerprint density at radius 3 is 2.54 bits per heavy atom. The van der Waals surface area contributed by atoms with E-state index in [0.717, 1.165) is 24.1 Å². The summed E-state index contributed by atoms with van der Waals surface area (Å²) in [6.07, 6.45) is 4.51. The summed E-state index contributed by atoms with van der Waals surface area (Å²) in [5.74, 6) is -0.837. The van der Waals surface area contributed by atoms with Crippen LogP contribution in [0.15, 0.2) is 30.5 Å². The summed E-state index contributed by atoms with van der Waals surface area (Å²) in [7, 11) is 2.85. The van der Waals surface area contributed by atoms with Crippen LogP contribution in [0.5, 0.6) is 5.75 Å². The van der Waals surface area contributed by atoms with Gasteiger partial charge in [0.1, 0.15) is 5.52 Å². The number of nitrogens with zero attached hydrogens (tertiary/aromatic N) is 2. The maximum atomic E-state index is 16.1. The molecule has 5 rings (SSSR count). The molecule has 6 nitrogen and oxygen atoms in total. The zero-order chi connectivity index (χ0) is 24.9. The fourth-order valence-electron chi connectivity index (χ4n) is 5.68. The van der Waals surface area contributed by atoms with E-state index >= 15 is 4.39 Å². The summed E-state index contributed by atoms with van der Waals surface area (Å²) in [4.78, 5) is 12.1. The first-order chi connectivity index (χ1) is 16.8. The van der Waals surface area contributed by atoms with Gasteiger partial charge in [0.2, 0.25) is 0 Å². The van der Waals surface area contributed by atoms with Crippen molar-refractivity contribution in [3.8, 4) is 11.4 Å². The number of hydrogen-bond donors (Lipinski definition) is 1. The fourth-order valence-corrected chi connectivity index (χ4v) is 5.68. The van der Waals surface area contributed by atoms with Gasteiger partial charge in [0, 0.05) is 28.2 Å². The first-order valence-electron chi connectivity index (χ1n) is 12.0. The number of rotatable bonds is 5. The largest absolute Gasteiger partial charge is 0.494 e. The molecular weight excluding hydrogens is 452 g/mol. The van der Waals surface area contributed by atoms with E-state index in [1.807, 2.05) is 10.6 Å². The summed E-state index contributed by atoms with van der Waals surface area (Å²) in [5.41, 5.74) is 3.71. The summed E-state index contributed by atoms with van der Waals surface area (Å²) in [6.45, 7) is 4.17. The molecule has 0 atom stereocenters. The van der Waals surface area contributed by atoms with Gasteiger partial charge in [-0.25, -0.2) is 8.78 Å². The Hall–Kier alpha value is -3.42. The van der Waals surface area contributed by atoms with Crippen molar-refractivity contribution in [2.24, 2.45) is 5.92 Å². The minimum absolute atomic E-state index is 0.0580. The lowest BCUT2D eigenvalue weighted by Gasteiger charge is -2.28. The Morgan fingerprint density at radius 1 is 1.14 bits per heavy atom. The third kappa shape index (κ3) is 3.75. The Bertz CT molecular complexity index is 1410. The van der Waals surface area contributed by atoms with Crippen LogP contribution >= 0.6 is 0 Å². The smallest absolute Gasteiger partial charge is 0.308 e. The van der Waals surface area contributed by atoms with Gasteiger partial charge in [-0.3, -0.25) is 9.89 Å². The van der Waals surface area contributed by atoms with Gasteiger partial charge in [-0.15, -0.1) is 0 Å². The molecule has 0 spiro atoms. The van der Waals surface area contributed by atoms with Gasteiger partial charge < -0.3 is 14.0 Å². The van der Waals surface area contributed by atoms with E-state index in [0.29, 0.717) is 40.3 Å². The highest BCUT2D eigenvalue weighted by Gasteiger charge is 2.34. The summed E-state index contributed by atoms with van der Waals surface area (Å²) >= 11 is 0. The Kier molecular flexibility index (Phi) is 5.99. The number of halogens is 2. The predicted molar refractivity (Wildman–Crippen MR) is 130 cm³/mol. The van der Waals surface area contributed by atoms with E-state index in [-0.39, 0.29) is 35.3 Å². The molecule has 2 aromatic heterocycles. The molecular formula is C27H29F2N3O3. The molecule has 1 fully saturated rings. The molecule has 1 saturated carbocycles. The molecule has 1 N–H and O–H groups in total. The number of carbonyl (C=O) groups is 1. The quantitative estimate of drug-likeness (QED) is 0.337. The van der Waals surface area contributed by atoms with Crippen LogP contribution in [0.25, 0.3) is 27.5 Å². The van der Waals surface area contributed by atoms with Gasteiger partial charge >= 0.3 is 5.97 Å². The average molecular weight is 482 g/mol. The van der Waals surface area contributed by atoms with Gasteiger partial charge in [0.15, 0.2) is 17.4 Å². The number of hydrogen-bond acceptors (Lipinski definition) is 4. The highest BCUT2D eigenvalue weighted by Crippen LogP contribution is 2.47. The molecule has 0 unspecified atom stereocenters. The molecule has 35 heavy (non-hydrogen) atoms. The van der Waals surface area contributed by atoms with E-state index in [9.17, 15) is 9.18 Å². The van der Waals surface area contributed by atoms with E-state index in [4.69, 9.17) is 9.47 Å². The molecule has 2 aromatic carbocycles. The van der Waals surface area contributed by atoms with Crippen LogP contribution in [-0.4, -0.2) is 35.0 Å². The van der Waals surface area contributed by atoms with E-state index in [1.165, 1.54) is 20.3 Å². The number of esters is 1. The molecule has 0 bridgehead atoms. The second kappa shape index (κ2) is 8.98. The standard InChI is InChI=1S/C27H29F2N3O3/c1-14(2)26-22(15-5-7-16(8-6-15)27(33)35-4)23-20(11-17-13-30-31-25(17)24(23)29)32(26)18-9-10-19(28)21(12-18)34-3/h9-16H,5-8H2,1-4H3,(H,30,31). The van der Waals surface area contributed by atoms with Crippen molar-refractivity contribution >= 4 is 27.8 Å². The lowest BCUT2D eigenvalue weighted by atomic mass is 9.77. The van der Waals surface area contributed by atoms with Crippen LogP contribution < -0.4 is 4.74 Å². The molecule has 0 saturated heterocycles. The zero-order valence-electron chi connectivity index (χ0n) is 20.3. The third-order valence-corrected chi connectivity index (χ3v) is 7.29. The van der Waals surface area contributed by atoms with Gasteiger partial charge in [0.05, 0.1) is 31.9 Å². The van der Waals surface area contributed by atoms with Crippen molar-refractivity contribution in [1.29, 1.82) is 0 Å². The van der Waals surface area contributed by atoms with Crippen molar-refractivity contribution in [3.05, 3.63) is 53.4 Å². The highest BCUT2D eigenvalue weighted by atomic mass is 19.1. The summed E-state index contributed by atoms with van der Waals surface area (Å²) in [6, 6.07) is 6.65. The third-order valence-electron chi connectivity index (χ3n) is 7.29. The van der Waals surface area contributed by atoms with Crippen molar-refractivity contribution in [3.63, 3.8) is 0 Å². The topological polar surface area (TPSA) is 69.1 Å². The summed E-state index contributed by atoms with van der Waals surface area (Å²) < 4.78 is 42.6. The first kappa shape index (κ1) is 23.3. The molecule has 0 aliphatic heterocycles. The van der Waals surface area contributed by atoms with Crippen LogP contribution in [0, 0.1) is 17.6 Å². The van der Waals surface area contributed by atoms with Gasteiger partial charge in [-0.1, -0.05) is 13.8 Å². The van der Waals surface area contributed by atoms with Crippen LogP contribution in [0.3, 0.4) is 0 Å². The van der Waals surface area contributed by atoms with Crippen molar-refractivity contribution < 1.29 is 23.0 Å². The highest BCUT2D eigenvalue weighted by molar-refractivity contribution is 5.99. The second-order valence-corrected chi connectivity index (χ2v) is 9.60. The minimum atomic E-state index is -0.455. The van der Waals surface area contributed by atoms with Crippen LogP contribution in [-0.2, 0) is 9.53 Å². The van der Waals surface area contributed by atoms with E-state index in [1.54, 1.807) is 18.3 Å². The lowest BCUT2D eigenvalue weighted by Crippen LogP contribution is -2.22. The molecule has 0 radical (unpaired) electrons. The van der Waals surface area contributed by atoms with Crippen LogP contribution in [0.1, 0.15) is 62.6 Å². The van der Waals surface area contributed by atoms with Gasteiger partial charge in [-0.05, 0) is 61.3 Å². The Balaban J connectivity index is 1.78. The minimum Gasteiger partial charge on any atom is -0.494 e. The van der Waals surface area contributed by atoms with E-state index in [2.05, 4.69) is 24.0 Å². The number of carbonyl (C=O) groups excluding carboxylic acids is 1. The second-order valence-electron chi connectivity index (χ2n) is 9.60. The fraction of sp³-hybridized carbons (Fsp3) is 0.407. The normalized spacial score (nSPS) is 18.5. The molecule has 4 aromatic rings. The van der Waals surface area contributed by atoms with Gasteiger partial charge in [-0.2, -0.15) is 5.10 Å². The van der Waals surface area contributed by atoms with Crippen molar-refractivity contribution in [2.75, 3.05) is 14.2 Å². The zero-order valence-corrected chi connectivity index (χ0v) is 20.3. The molecule has 0 amide bonds. The maximum absolute atomic E-state index is 16.1. The molecule has 1 aliphatic rings. The number of benzene rings is 2. The maximum Gasteiger partial charge on any atom is 0.308 e.